The number of hydrogen-bond acceptors (Lipinski definition) is 7. The Balaban J connectivity index is 3.79. The number of carbonyl (C=O) groups excluding carboxylic acids is 2. The topological polar surface area (TPSA) is 93.9 Å². The zero-order valence-corrected chi connectivity index (χ0v) is 34.4. The van der Waals surface area contributed by atoms with E-state index in [-0.39, 0.29) is 11.9 Å². The molecule has 0 saturated carbocycles. The highest BCUT2D eigenvalue weighted by Crippen LogP contribution is 2.15. The van der Waals surface area contributed by atoms with Gasteiger partial charge in [-0.05, 0) is 12.8 Å². The molecule has 0 radical (unpaired) electrons. The van der Waals surface area contributed by atoms with E-state index in [1.54, 1.807) is 0 Å². The lowest BCUT2D eigenvalue weighted by Crippen LogP contribution is -2.38. The third kappa shape index (κ3) is 41.4. The van der Waals surface area contributed by atoms with Crippen LogP contribution in [0.4, 0.5) is 0 Å². The molecule has 0 fully saturated rings. The van der Waals surface area contributed by atoms with E-state index in [4.69, 9.17) is 15.2 Å². The van der Waals surface area contributed by atoms with E-state index in [1.165, 1.54) is 167 Å². The molecular formula is C44H89N3O4. The largest absolute Gasteiger partial charge is 0.464 e. The van der Waals surface area contributed by atoms with E-state index in [9.17, 15) is 9.59 Å². The molecule has 0 spiro atoms. The van der Waals surface area contributed by atoms with Crippen molar-refractivity contribution >= 4 is 11.9 Å². The fraction of sp³-hybridized carbons (Fsp3) is 0.955. The number of nitrogens with one attached hydrogen (secondary N) is 1. The zero-order valence-electron chi connectivity index (χ0n) is 34.4. The maximum Gasteiger partial charge on any atom is 0.305 e. The molecule has 0 rings (SSSR count). The maximum atomic E-state index is 12.3. The van der Waals surface area contributed by atoms with Gasteiger partial charge in [0, 0.05) is 52.1 Å². The Morgan fingerprint density at radius 2 is 0.725 bits per heavy atom. The van der Waals surface area contributed by atoms with Crippen molar-refractivity contribution in [3.8, 4) is 0 Å². The first-order chi connectivity index (χ1) is 25.1. The van der Waals surface area contributed by atoms with Crippen molar-refractivity contribution in [2.75, 3.05) is 52.5 Å². The number of nitrogens with two attached hydrogens (primary N) is 1. The Morgan fingerprint density at radius 1 is 0.431 bits per heavy atom. The van der Waals surface area contributed by atoms with Crippen LogP contribution in [0.1, 0.15) is 219 Å². The third-order valence-corrected chi connectivity index (χ3v) is 10.2. The highest BCUT2D eigenvalue weighted by Gasteiger charge is 2.10. The Labute approximate surface area is 318 Å². The highest BCUT2D eigenvalue weighted by atomic mass is 16.5. The molecular weight excluding hydrogens is 635 g/mol. The van der Waals surface area contributed by atoms with Gasteiger partial charge in [-0.3, -0.25) is 14.5 Å². The standard InChI is InChI=1S/C44H89N3O4/c1-3-5-7-9-11-13-15-17-19-21-23-25-27-29-31-33-43(48)50-41-39-47(38-37-46-36-35-45)40-42-51-44(49)34-32-30-28-26-24-22-20-18-16-14-12-10-8-6-4-2/h46H,3-42,45H2,1-2H3. The number of carbonyl (C=O) groups is 2. The minimum absolute atomic E-state index is 0.0965. The first-order valence-electron chi connectivity index (χ1n) is 22.6. The molecule has 304 valence electrons. The van der Waals surface area contributed by atoms with Gasteiger partial charge < -0.3 is 20.5 Å². The molecule has 0 atom stereocenters. The van der Waals surface area contributed by atoms with Crippen LogP contribution in [0, 0.1) is 0 Å². The summed E-state index contributed by atoms with van der Waals surface area (Å²) in [6.45, 7) is 9.58. The van der Waals surface area contributed by atoms with Gasteiger partial charge in [-0.25, -0.2) is 0 Å². The summed E-state index contributed by atoms with van der Waals surface area (Å²) in [7, 11) is 0. The van der Waals surface area contributed by atoms with Crippen LogP contribution < -0.4 is 11.1 Å². The van der Waals surface area contributed by atoms with Crippen LogP contribution in [0.2, 0.25) is 0 Å². The van der Waals surface area contributed by atoms with Gasteiger partial charge in [0.25, 0.3) is 0 Å². The van der Waals surface area contributed by atoms with Crippen LogP contribution >= 0.6 is 0 Å². The monoisotopic (exact) mass is 724 g/mol. The van der Waals surface area contributed by atoms with Gasteiger partial charge in [0.1, 0.15) is 13.2 Å². The van der Waals surface area contributed by atoms with Crippen molar-refractivity contribution in [2.24, 2.45) is 5.73 Å². The van der Waals surface area contributed by atoms with Crippen molar-refractivity contribution < 1.29 is 19.1 Å². The van der Waals surface area contributed by atoms with Crippen LogP contribution in [-0.4, -0.2) is 69.3 Å². The fourth-order valence-electron chi connectivity index (χ4n) is 6.80. The Hall–Kier alpha value is -1.18. The van der Waals surface area contributed by atoms with Crippen molar-refractivity contribution in [1.29, 1.82) is 0 Å². The molecule has 0 unspecified atom stereocenters. The van der Waals surface area contributed by atoms with Gasteiger partial charge >= 0.3 is 11.9 Å². The number of rotatable bonds is 43. The van der Waals surface area contributed by atoms with Gasteiger partial charge in [-0.2, -0.15) is 0 Å². The maximum absolute atomic E-state index is 12.3. The number of nitrogens with zero attached hydrogens (tertiary/aromatic N) is 1. The minimum Gasteiger partial charge on any atom is -0.464 e. The van der Waals surface area contributed by atoms with E-state index in [2.05, 4.69) is 24.1 Å². The Kier molecular flexibility index (Phi) is 42.2. The quantitative estimate of drug-likeness (QED) is 0.0478. The van der Waals surface area contributed by atoms with Gasteiger partial charge in [-0.15, -0.1) is 0 Å². The van der Waals surface area contributed by atoms with Crippen LogP contribution in [0.25, 0.3) is 0 Å². The lowest BCUT2D eigenvalue weighted by molar-refractivity contribution is -0.144. The van der Waals surface area contributed by atoms with Gasteiger partial charge in [0.15, 0.2) is 0 Å². The molecule has 7 nitrogen and oxygen atoms in total. The fourth-order valence-corrected chi connectivity index (χ4v) is 6.80. The average Bonchev–Trinajstić information content (AvgIpc) is 3.13. The van der Waals surface area contributed by atoms with Crippen LogP contribution in [0.5, 0.6) is 0 Å². The number of ether oxygens (including phenoxy) is 2. The van der Waals surface area contributed by atoms with E-state index in [1.807, 2.05) is 0 Å². The van der Waals surface area contributed by atoms with Crippen LogP contribution in [0.15, 0.2) is 0 Å². The molecule has 51 heavy (non-hydrogen) atoms. The van der Waals surface area contributed by atoms with Crippen molar-refractivity contribution in [2.45, 2.75) is 219 Å². The minimum atomic E-state index is -0.0965. The van der Waals surface area contributed by atoms with Crippen LogP contribution in [-0.2, 0) is 19.1 Å². The summed E-state index contributed by atoms with van der Waals surface area (Å²) in [6, 6.07) is 0. The molecule has 0 amide bonds. The highest BCUT2D eigenvalue weighted by molar-refractivity contribution is 5.69. The summed E-state index contributed by atoms with van der Waals surface area (Å²) < 4.78 is 11.1. The molecule has 3 N–H and O–H groups in total. The summed E-state index contributed by atoms with van der Waals surface area (Å²) in [4.78, 5) is 26.8. The number of unbranched alkanes of at least 4 members (excludes halogenated alkanes) is 28. The second-order valence-electron chi connectivity index (χ2n) is 15.2. The summed E-state index contributed by atoms with van der Waals surface area (Å²) in [5.41, 5.74) is 5.61. The molecule has 0 aliphatic heterocycles. The van der Waals surface area contributed by atoms with Gasteiger partial charge in [0.2, 0.25) is 0 Å². The summed E-state index contributed by atoms with van der Waals surface area (Å²) in [6.07, 6.45) is 40.6. The zero-order chi connectivity index (χ0) is 37.1. The molecule has 0 saturated heterocycles. The first-order valence-corrected chi connectivity index (χ1v) is 22.6. The SMILES string of the molecule is CCCCCCCCCCCCCCCCCC(=O)OCCN(CCNCCN)CCOC(=O)CCCCCCCCCCCCCCCCC. The molecule has 7 heteroatoms. The summed E-state index contributed by atoms with van der Waals surface area (Å²) >= 11 is 0. The predicted octanol–water partition coefficient (Wildman–Crippen LogP) is 11.4. The third-order valence-electron chi connectivity index (χ3n) is 10.2. The van der Waals surface area contributed by atoms with E-state index >= 15 is 0 Å². The molecule has 0 aromatic rings. The molecule has 0 aliphatic rings. The van der Waals surface area contributed by atoms with E-state index < -0.39 is 0 Å². The van der Waals surface area contributed by atoms with Gasteiger partial charge in [-0.1, -0.05) is 194 Å². The Bertz CT molecular complexity index is 656. The van der Waals surface area contributed by atoms with E-state index in [0.717, 1.165) is 45.3 Å². The second kappa shape index (κ2) is 43.2. The van der Waals surface area contributed by atoms with Crippen LogP contribution in [0.3, 0.4) is 0 Å². The molecule has 0 aromatic heterocycles. The first kappa shape index (κ1) is 49.8. The predicted molar refractivity (Wildman–Crippen MR) is 219 cm³/mol. The van der Waals surface area contributed by atoms with Crippen molar-refractivity contribution in [1.82, 2.24) is 10.2 Å². The Morgan fingerprint density at radius 3 is 1.02 bits per heavy atom. The summed E-state index contributed by atoms with van der Waals surface area (Å²) in [5.74, 6) is -0.193. The lowest BCUT2D eigenvalue weighted by atomic mass is 10.0. The summed E-state index contributed by atoms with van der Waals surface area (Å²) in [5, 5.41) is 3.32. The van der Waals surface area contributed by atoms with Crippen molar-refractivity contribution in [3.63, 3.8) is 0 Å². The molecule has 0 aliphatic carbocycles. The van der Waals surface area contributed by atoms with E-state index in [0.29, 0.717) is 45.7 Å². The lowest BCUT2D eigenvalue weighted by Gasteiger charge is -2.22. The smallest absolute Gasteiger partial charge is 0.305 e. The van der Waals surface area contributed by atoms with Gasteiger partial charge in [0.05, 0.1) is 0 Å². The number of hydrogen-bond donors (Lipinski definition) is 2. The molecule has 0 heterocycles. The number of esters is 2. The average molecular weight is 724 g/mol. The molecule has 0 bridgehead atoms. The van der Waals surface area contributed by atoms with Crippen molar-refractivity contribution in [3.05, 3.63) is 0 Å². The molecule has 0 aromatic carbocycles. The second-order valence-corrected chi connectivity index (χ2v) is 15.2. The normalized spacial score (nSPS) is 11.5.